The zero-order chi connectivity index (χ0) is 29.5. The van der Waals surface area contributed by atoms with Crippen LogP contribution in [0.2, 0.25) is 0 Å². The van der Waals surface area contributed by atoms with Gasteiger partial charge >= 0.3 is 12.1 Å². The van der Waals surface area contributed by atoms with E-state index in [1.807, 2.05) is 54.0 Å². The third kappa shape index (κ3) is 4.78. The molecule has 1 atom stereocenters. The molecule has 3 aromatic carbocycles. The molecule has 1 amide bonds. The number of esters is 1. The lowest BCUT2D eigenvalue weighted by atomic mass is 9.96. The molecule has 0 saturated heterocycles. The van der Waals surface area contributed by atoms with Crippen LogP contribution >= 0.6 is 0 Å². The lowest BCUT2D eigenvalue weighted by Gasteiger charge is -2.21. The van der Waals surface area contributed by atoms with Gasteiger partial charge in [0.15, 0.2) is 5.75 Å². The summed E-state index contributed by atoms with van der Waals surface area (Å²) in [6.45, 7) is 4.20. The first kappa shape index (κ1) is 27.5. The third-order valence-corrected chi connectivity index (χ3v) is 7.99. The van der Waals surface area contributed by atoms with Gasteiger partial charge in [0.25, 0.3) is 0 Å². The van der Waals surface area contributed by atoms with Gasteiger partial charge in [0.05, 0.1) is 36.2 Å². The van der Waals surface area contributed by atoms with Crippen LogP contribution in [0, 0.1) is 5.82 Å². The number of aromatic nitrogens is 1. The minimum absolute atomic E-state index is 0.0600. The molecule has 4 aromatic rings. The summed E-state index contributed by atoms with van der Waals surface area (Å²) in [5.74, 6) is -1.17. The number of fused-ring (bicyclic) bond motifs is 2. The Hall–Kier alpha value is -4.66. The number of carbonyl (C=O) groups is 2. The number of carbonyl (C=O) groups excluding carboxylic acids is 2. The highest BCUT2D eigenvalue weighted by Gasteiger charge is 2.34. The Morgan fingerprint density at radius 2 is 1.81 bits per heavy atom. The highest BCUT2D eigenvalue weighted by molar-refractivity contribution is 5.98. The molecule has 42 heavy (non-hydrogen) atoms. The van der Waals surface area contributed by atoms with Crippen LogP contribution in [-0.4, -0.2) is 35.2 Å². The Morgan fingerprint density at radius 1 is 1.05 bits per heavy atom. The molecule has 1 fully saturated rings. The summed E-state index contributed by atoms with van der Waals surface area (Å²) in [4.78, 5) is 40.5. The zero-order valence-corrected chi connectivity index (χ0v) is 23.7. The summed E-state index contributed by atoms with van der Waals surface area (Å²) in [5.41, 5.74) is 3.20. The van der Waals surface area contributed by atoms with E-state index in [2.05, 4.69) is 0 Å². The predicted octanol–water partition coefficient (Wildman–Crippen LogP) is 6.54. The SMILES string of the molecule is CCOC(=O)c1cn(C2CC2)c2c(OC)c(-c3ccc4c(c3)CN(C(=O)OCc3ccccc3)C4C)c(F)cc2c1=O. The molecule has 8 nitrogen and oxygen atoms in total. The van der Waals surface area contributed by atoms with E-state index in [0.29, 0.717) is 17.6 Å². The van der Waals surface area contributed by atoms with E-state index in [1.54, 1.807) is 17.9 Å². The van der Waals surface area contributed by atoms with Crippen molar-refractivity contribution in [1.82, 2.24) is 9.47 Å². The van der Waals surface area contributed by atoms with Gasteiger partial charge in [-0.2, -0.15) is 0 Å². The number of hydrogen-bond acceptors (Lipinski definition) is 6. The minimum Gasteiger partial charge on any atom is -0.494 e. The van der Waals surface area contributed by atoms with E-state index in [0.717, 1.165) is 29.5 Å². The van der Waals surface area contributed by atoms with Crippen LogP contribution in [0.4, 0.5) is 9.18 Å². The summed E-state index contributed by atoms with van der Waals surface area (Å²) in [5, 5.41) is 0.0627. The number of rotatable bonds is 7. The molecule has 6 rings (SSSR count). The molecular formula is C33H31FN2O6. The Bertz CT molecular complexity index is 1760. The van der Waals surface area contributed by atoms with Crippen LogP contribution < -0.4 is 10.2 Å². The second kappa shape index (κ2) is 11.0. The van der Waals surface area contributed by atoms with Crippen LogP contribution in [0.25, 0.3) is 22.0 Å². The van der Waals surface area contributed by atoms with E-state index in [1.165, 1.54) is 19.4 Å². The van der Waals surface area contributed by atoms with Crippen molar-refractivity contribution in [2.24, 2.45) is 0 Å². The van der Waals surface area contributed by atoms with Gasteiger partial charge < -0.3 is 18.8 Å². The van der Waals surface area contributed by atoms with Gasteiger partial charge in [-0.25, -0.2) is 14.0 Å². The van der Waals surface area contributed by atoms with E-state index >= 15 is 4.39 Å². The summed E-state index contributed by atoms with van der Waals surface area (Å²) in [7, 11) is 1.44. The number of amides is 1. The summed E-state index contributed by atoms with van der Waals surface area (Å²) in [6.07, 6.45) is 2.81. The normalized spacial score (nSPS) is 15.9. The van der Waals surface area contributed by atoms with Gasteiger partial charge in [0.1, 0.15) is 18.0 Å². The number of halogens is 1. The quantitative estimate of drug-likeness (QED) is 0.235. The molecule has 1 aliphatic heterocycles. The van der Waals surface area contributed by atoms with Crippen molar-refractivity contribution >= 4 is 23.0 Å². The number of pyridine rings is 1. The fourth-order valence-corrected chi connectivity index (χ4v) is 5.73. The van der Waals surface area contributed by atoms with Gasteiger partial charge in [0, 0.05) is 18.8 Å². The van der Waals surface area contributed by atoms with Gasteiger partial charge in [-0.15, -0.1) is 0 Å². The molecule has 0 bridgehead atoms. The van der Waals surface area contributed by atoms with Crippen molar-refractivity contribution in [1.29, 1.82) is 0 Å². The molecule has 1 saturated carbocycles. The molecule has 0 N–H and O–H groups in total. The predicted molar refractivity (Wildman–Crippen MR) is 155 cm³/mol. The third-order valence-electron chi connectivity index (χ3n) is 7.99. The maximum atomic E-state index is 15.9. The fourth-order valence-electron chi connectivity index (χ4n) is 5.73. The zero-order valence-electron chi connectivity index (χ0n) is 23.7. The van der Waals surface area contributed by atoms with Crippen molar-refractivity contribution in [3.8, 4) is 16.9 Å². The number of methoxy groups -OCH3 is 1. The fraction of sp³-hybridized carbons (Fsp3) is 0.303. The van der Waals surface area contributed by atoms with Crippen molar-refractivity contribution in [3.63, 3.8) is 0 Å². The molecule has 0 radical (unpaired) electrons. The highest BCUT2D eigenvalue weighted by Crippen LogP contribution is 2.45. The largest absolute Gasteiger partial charge is 0.494 e. The number of ether oxygens (including phenoxy) is 3. The van der Waals surface area contributed by atoms with Crippen LogP contribution in [0.3, 0.4) is 0 Å². The summed E-state index contributed by atoms with van der Waals surface area (Å²) >= 11 is 0. The molecule has 1 aromatic heterocycles. The average Bonchev–Trinajstić information content (AvgIpc) is 3.79. The Morgan fingerprint density at radius 3 is 2.50 bits per heavy atom. The first-order chi connectivity index (χ1) is 20.3. The average molecular weight is 571 g/mol. The molecule has 1 unspecified atom stereocenters. The second-order valence-corrected chi connectivity index (χ2v) is 10.7. The van der Waals surface area contributed by atoms with Crippen LogP contribution in [-0.2, 0) is 22.6 Å². The Balaban J connectivity index is 1.38. The lowest BCUT2D eigenvalue weighted by molar-refractivity contribution is 0.0524. The summed E-state index contributed by atoms with van der Waals surface area (Å²) < 4.78 is 34.2. The standard InChI is InChI=1S/C33H31FN2O6/c1-4-41-32(38)26-17-36(23-11-12-23)29-25(30(26)37)15-27(34)28(31(29)40-3)21-10-13-24-19(2)35(16-22(24)14-21)33(39)42-18-20-8-6-5-7-9-20/h5-10,13-15,17,19,23H,4,11-12,16,18H2,1-3H3. The molecule has 2 heterocycles. The first-order valence-electron chi connectivity index (χ1n) is 14.0. The van der Waals surface area contributed by atoms with Crippen molar-refractivity contribution in [2.45, 2.75) is 51.9 Å². The van der Waals surface area contributed by atoms with E-state index in [9.17, 15) is 14.4 Å². The van der Waals surface area contributed by atoms with E-state index in [-0.39, 0.29) is 47.6 Å². The lowest BCUT2D eigenvalue weighted by Crippen LogP contribution is -2.28. The number of benzene rings is 3. The van der Waals surface area contributed by atoms with E-state index < -0.39 is 23.3 Å². The van der Waals surface area contributed by atoms with Crippen LogP contribution in [0.1, 0.15) is 65.8 Å². The van der Waals surface area contributed by atoms with Crippen molar-refractivity contribution < 1.29 is 28.2 Å². The molecule has 216 valence electrons. The Kier molecular flexibility index (Phi) is 7.18. The van der Waals surface area contributed by atoms with Crippen LogP contribution in [0.5, 0.6) is 5.75 Å². The van der Waals surface area contributed by atoms with Gasteiger partial charge in [-0.1, -0.05) is 42.5 Å². The van der Waals surface area contributed by atoms with Gasteiger partial charge in [0.2, 0.25) is 5.43 Å². The number of hydrogen-bond donors (Lipinski definition) is 0. The van der Waals surface area contributed by atoms with Crippen molar-refractivity contribution in [3.05, 3.63) is 99.1 Å². The van der Waals surface area contributed by atoms with Gasteiger partial charge in [-0.05, 0) is 61.1 Å². The smallest absolute Gasteiger partial charge is 0.410 e. The topological polar surface area (TPSA) is 87.1 Å². The molecular weight excluding hydrogens is 539 g/mol. The first-order valence-corrected chi connectivity index (χ1v) is 14.0. The molecule has 9 heteroatoms. The van der Waals surface area contributed by atoms with E-state index in [4.69, 9.17) is 14.2 Å². The van der Waals surface area contributed by atoms with Crippen molar-refractivity contribution in [2.75, 3.05) is 13.7 Å². The van der Waals surface area contributed by atoms with Gasteiger partial charge in [-0.3, -0.25) is 9.69 Å². The Labute approximate surface area is 242 Å². The molecule has 1 aliphatic carbocycles. The molecule has 2 aliphatic rings. The number of nitrogens with zero attached hydrogens (tertiary/aromatic N) is 2. The maximum Gasteiger partial charge on any atom is 0.410 e. The maximum absolute atomic E-state index is 15.9. The summed E-state index contributed by atoms with van der Waals surface area (Å²) in [6, 6.07) is 16.0. The monoisotopic (exact) mass is 570 g/mol. The highest BCUT2D eigenvalue weighted by atomic mass is 19.1. The van der Waals surface area contributed by atoms with Crippen LogP contribution in [0.15, 0.2) is 65.6 Å². The molecule has 0 spiro atoms. The second-order valence-electron chi connectivity index (χ2n) is 10.7. The minimum atomic E-state index is -0.734.